The second kappa shape index (κ2) is 5.41. The van der Waals surface area contributed by atoms with Crippen molar-refractivity contribution in [2.75, 3.05) is 6.61 Å². The van der Waals surface area contributed by atoms with Gasteiger partial charge in [0, 0.05) is 4.90 Å². The van der Waals surface area contributed by atoms with Crippen LogP contribution in [0.1, 0.15) is 5.56 Å². The van der Waals surface area contributed by atoms with E-state index in [1.165, 1.54) is 11.8 Å². The second-order valence-electron chi connectivity index (χ2n) is 4.00. The summed E-state index contributed by atoms with van der Waals surface area (Å²) in [6, 6.07) is 6.47. The van der Waals surface area contributed by atoms with E-state index >= 15 is 0 Å². The summed E-state index contributed by atoms with van der Waals surface area (Å²) in [5, 5.41) is 19.6. The zero-order valence-corrected chi connectivity index (χ0v) is 10.3. The van der Waals surface area contributed by atoms with E-state index < -0.39 is 18.6 Å². The highest BCUT2D eigenvalue weighted by atomic mass is 32.2. The number of aliphatic hydroxyl groups excluding tert-OH is 1. The van der Waals surface area contributed by atoms with Crippen molar-refractivity contribution in [3.63, 3.8) is 0 Å². The third kappa shape index (κ3) is 2.65. The molecule has 0 saturated carbocycles. The first-order valence-electron chi connectivity index (χ1n) is 5.50. The average molecular weight is 267 g/mol. The summed E-state index contributed by atoms with van der Waals surface area (Å²) in [4.78, 5) is 23.6. The Labute approximate surface area is 108 Å². The van der Waals surface area contributed by atoms with Crippen LogP contribution in [0.3, 0.4) is 0 Å². The molecule has 1 aromatic rings. The minimum Gasteiger partial charge on any atom is -0.480 e. The Kier molecular flexibility index (Phi) is 3.88. The predicted octanol–water partition coefficient (Wildman–Crippen LogP) is 0.265. The van der Waals surface area contributed by atoms with Gasteiger partial charge in [-0.1, -0.05) is 18.2 Å². The molecular weight excluding hydrogens is 254 g/mol. The first-order valence-corrected chi connectivity index (χ1v) is 6.38. The molecule has 2 rings (SSSR count). The van der Waals surface area contributed by atoms with Gasteiger partial charge in [0.2, 0.25) is 5.91 Å². The van der Waals surface area contributed by atoms with Crippen molar-refractivity contribution in [3.8, 4) is 0 Å². The van der Waals surface area contributed by atoms with Gasteiger partial charge in [0.05, 0.1) is 11.9 Å². The number of thioether (sulfide) groups is 1. The Balaban J connectivity index is 1.99. The number of rotatable bonds is 4. The van der Waals surface area contributed by atoms with Crippen LogP contribution in [0, 0.1) is 0 Å². The number of aliphatic hydroxyl groups is 1. The largest absolute Gasteiger partial charge is 0.480 e. The summed E-state index contributed by atoms with van der Waals surface area (Å²) in [7, 11) is 0. The molecule has 3 N–H and O–H groups in total. The van der Waals surface area contributed by atoms with E-state index in [2.05, 4.69) is 5.32 Å². The molecule has 0 aromatic heterocycles. The lowest BCUT2D eigenvalue weighted by Gasteiger charge is -2.14. The Bertz CT molecular complexity index is 452. The summed E-state index contributed by atoms with van der Waals surface area (Å²) in [5.74, 6) is -1.58. The first kappa shape index (κ1) is 12.9. The van der Waals surface area contributed by atoms with Crippen LogP contribution in [0.15, 0.2) is 29.2 Å². The second-order valence-corrected chi connectivity index (χ2v) is 5.24. The van der Waals surface area contributed by atoms with E-state index in [9.17, 15) is 9.59 Å². The number of carboxylic acids is 1. The van der Waals surface area contributed by atoms with Gasteiger partial charge in [0.25, 0.3) is 0 Å². The molecule has 1 aromatic carbocycles. The van der Waals surface area contributed by atoms with Crippen LogP contribution >= 0.6 is 11.8 Å². The maximum atomic E-state index is 11.9. The highest BCUT2D eigenvalue weighted by molar-refractivity contribution is 8.01. The zero-order valence-electron chi connectivity index (χ0n) is 9.50. The van der Waals surface area contributed by atoms with E-state index in [0.717, 1.165) is 10.5 Å². The molecule has 0 spiro atoms. The van der Waals surface area contributed by atoms with Gasteiger partial charge in [-0.25, -0.2) is 4.79 Å². The standard InChI is InChI=1S/C12H13NO4S/c14-6-8(12(16)17)13-11(15)10-5-7-3-1-2-4-9(7)18-10/h1-4,8,10,14H,5-6H2,(H,13,15)(H,16,17). The molecule has 0 aliphatic carbocycles. The van der Waals surface area contributed by atoms with Crippen molar-refractivity contribution in [2.24, 2.45) is 0 Å². The number of aliphatic carboxylic acids is 1. The van der Waals surface area contributed by atoms with Crippen LogP contribution in [0.2, 0.25) is 0 Å². The summed E-state index contributed by atoms with van der Waals surface area (Å²) in [5.41, 5.74) is 1.10. The lowest BCUT2D eigenvalue weighted by Crippen LogP contribution is -2.46. The lowest BCUT2D eigenvalue weighted by atomic mass is 10.1. The van der Waals surface area contributed by atoms with Crippen LogP contribution < -0.4 is 5.32 Å². The number of hydrogen-bond acceptors (Lipinski definition) is 4. The van der Waals surface area contributed by atoms with Gasteiger partial charge in [0.15, 0.2) is 0 Å². The SMILES string of the molecule is O=C(O)C(CO)NC(=O)C1Cc2ccccc2S1. The van der Waals surface area contributed by atoms with Crippen molar-refractivity contribution < 1.29 is 19.8 Å². The minimum absolute atomic E-state index is 0.323. The topological polar surface area (TPSA) is 86.6 Å². The Morgan fingerprint density at radius 1 is 1.44 bits per heavy atom. The Morgan fingerprint density at radius 2 is 2.17 bits per heavy atom. The summed E-state index contributed by atoms with van der Waals surface area (Å²) in [6.45, 7) is -0.606. The number of amides is 1. The van der Waals surface area contributed by atoms with Gasteiger partial charge in [-0.05, 0) is 18.1 Å². The van der Waals surface area contributed by atoms with Crippen LogP contribution in [0.5, 0.6) is 0 Å². The molecule has 2 unspecified atom stereocenters. The third-order valence-corrected chi connectivity index (χ3v) is 4.05. The smallest absolute Gasteiger partial charge is 0.328 e. The molecule has 6 heteroatoms. The van der Waals surface area contributed by atoms with Gasteiger partial charge in [-0.2, -0.15) is 0 Å². The van der Waals surface area contributed by atoms with Crippen molar-refractivity contribution in [1.29, 1.82) is 0 Å². The lowest BCUT2D eigenvalue weighted by molar-refractivity contribution is -0.142. The quantitative estimate of drug-likeness (QED) is 0.728. The van der Waals surface area contributed by atoms with E-state index in [-0.39, 0.29) is 11.2 Å². The van der Waals surface area contributed by atoms with Crippen molar-refractivity contribution in [1.82, 2.24) is 5.32 Å². The predicted molar refractivity (Wildman–Crippen MR) is 66.4 cm³/mol. The van der Waals surface area contributed by atoms with E-state index in [1.807, 2.05) is 24.3 Å². The molecule has 96 valence electrons. The number of carboxylic acid groups (broad SMARTS) is 1. The molecule has 0 fully saturated rings. The van der Waals surface area contributed by atoms with E-state index in [0.29, 0.717) is 6.42 Å². The molecule has 0 radical (unpaired) electrons. The molecular formula is C12H13NO4S. The summed E-state index contributed by atoms with van der Waals surface area (Å²) >= 11 is 1.42. The molecule has 1 amide bonds. The molecule has 1 aliphatic heterocycles. The van der Waals surface area contributed by atoms with Crippen LogP contribution in [-0.4, -0.2) is 40.0 Å². The van der Waals surface area contributed by atoms with Gasteiger partial charge >= 0.3 is 5.97 Å². The van der Waals surface area contributed by atoms with Crippen molar-refractivity contribution >= 4 is 23.6 Å². The first-order chi connectivity index (χ1) is 8.61. The highest BCUT2D eigenvalue weighted by Crippen LogP contribution is 2.36. The fraction of sp³-hybridized carbons (Fsp3) is 0.333. The number of hydrogen-bond donors (Lipinski definition) is 3. The van der Waals surface area contributed by atoms with Crippen molar-refractivity contribution in [2.45, 2.75) is 22.6 Å². The molecule has 0 saturated heterocycles. The van der Waals surface area contributed by atoms with Crippen LogP contribution in [-0.2, 0) is 16.0 Å². The number of nitrogens with one attached hydrogen (secondary N) is 1. The molecule has 2 atom stereocenters. The number of carbonyl (C=O) groups is 2. The Hall–Kier alpha value is -1.53. The van der Waals surface area contributed by atoms with Crippen LogP contribution in [0.4, 0.5) is 0 Å². The maximum absolute atomic E-state index is 11.9. The molecule has 18 heavy (non-hydrogen) atoms. The average Bonchev–Trinajstić information content (AvgIpc) is 2.79. The van der Waals surface area contributed by atoms with Gasteiger partial charge in [-0.3, -0.25) is 4.79 Å². The fourth-order valence-corrected chi connectivity index (χ4v) is 2.98. The van der Waals surface area contributed by atoms with Gasteiger partial charge in [0.1, 0.15) is 6.04 Å². The van der Waals surface area contributed by atoms with Crippen LogP contribution in [0.25, 0.3) is 0 Å². The van der Waals surface area contributed by atoms with Gasteiger partial charge in [-0.15, -0.1) is 11.8 Å². The number of fused-ring (bicyclic) bond motifs is 1. The number of benzene rings is 1. The maximum Gasteiger partial charge on any atom is 0.328 e. The monoisotopic (exact) mass is 267 g/mol. The fourth-order valence-electron chi connectivity index (χ4n) is 1.78. The van der Waals surface area contributed by atoms with E-state index in [1.54, 1.807) is 0 Å². The highest BCUT2D eigenvalue weighted by Gasteiger charge is 2.30. The normalized spacial score (nSPS) is 19.1. The molecule has 1 heterocycles. The minimum atomic E-state index is -1.23. The molecule has 5 nitrogen and oxygen atoms in total. The number of carbonyl (C=O) groups excluding carboxylic acids is 1. The van der Waals surface area contributed by atoms with E-state index in [4.69, 9.17) is 10.2 Å². The zero-order chi connectivity index (χ0) is 13.1. The van der Waals surface area contributed by atoms with Crippen molar-refractivity contribution in [3.05, 3.63) is 29.8 Å². The summed E-state index contributed by atoms with van der Waals surface area (Å²) < 4.78 is 0. The molecule has 1 aliphatic rings. The summed E-state index contributed by atoms with van der Waals surface area (Å²) in [6.07, 6.45) is 0.588. The van der Waals surface area contributed by atoms with Gasteiger partial charge < -0.3 is 15.5 Å². The third-order valence-electron chi connectivity index (χ3n) is 2.74. The Morgan fingerprint density at radius 3 is 2.78 bits per heavy atom. The molecule has 0 bridgehead atoms.